The number of amides is 1. The van der Waals surface area contributed by atoms with Crippen molar-refractivity contribution in [1.29, 1.82) is 0 Å². The van der Waals surface area contributed by atoms with Crippen molar-refractivity contribution in [2.24, 2.45) is 10.2 Å². The summed E-state index contributed by atoms with van der Waals surface area (Å²) in [6.45, 7) is 0.879. The molecule has 0 saturated carbocycles. The van der Waals surface area contributed by atoms with Gasteiger partial charge in [-0.1, -0.05) is 36.4 Å². The van der Waals surface area contributed by atoms with Crippen LogP contribution in [0, 0.1) is 20.2 Å². The fraction of sp³-hybridized carbons (Fsp3) is 0.241. The van der Waals surface area contributed by atoms with E-state index in [1.807, 2.05) is 0 Å². The van der Waals surface area contributed by atoms with Gasteiger partial charge in [0.15, 0.2) is 24.7 Å². The number of azo groups is 1. The zero-order valence-corrected chi connectivity index (χ0v) is 25.9. The van der Waals surface area contributed by atoms with Gasteiger partial charge in [-0.2, -0.15) is 0 Å². The van der Waals surface area contributed by atoms with Crippen molar-refractivity contribution in [1.82, 2.24) is 5.32 Å². The number of nitrogens with one attached hydrogen (secondary N) is 2. The van der Waals surface area contributed by atoms with E-state index in [0.29, 0.717) is 18.5 Å². The molecule has 0 saturated heterocycles. The van der Waals surface area contributed by atoms with E-state index in [4.69, 9.17) is 9.47 Å². The van der Waals surface area contributed by atoms with Crippen LogP contribution >= 0.6 is 15.9 Å². The summed E-state index contributed by atoms with van der Waals surface area (Å²) in [5.41, 5.74) is 0.243. The molecule has 16 nitrogen and oxygen atoms in total. The normalized spacial score (nSPS) is 10.7. The van der Waals surface area contributed by atoms with Crippen molar-refractivity contribution in [3.05, 3.63) is 96.5 Å². The number of hydrogen-bond donors (Lipinski definition) is 2. The van der Waals surface area contributed by atoms with E-state index in [-0.39, 0.29) is 40.3 Å². The van der Waals surface area contributed by atoms with Crippen LogP contribution in [0.3, 0.4) is 0 Å². The van der Waals surface area contributed by atoms with Crippen LogP contribution in [0.25, 0.3) is 0 Å². The van der Waals surface area contributed by atoms with Crippen molar-refractivity contribution in [2.75, 3.05) is 31.6 Å². The van der Waals surface area contributed by atoms with Gasteiger partial charge in [0.05, 0.1) is 32.5 Å². The molecule has 0 aliphatic rings. The Balaban J connectivity index is 1.49. The molecule has 240 valence electrons. The molecule has 0 heterocycles. The molecule has 46 heavy (non-hydrogen) atoms. The minimum absolute atomic E-state index is 0.0138. The number of hydrogen-bond acceptors (Lipinski definition) is 13. The number of esters is 2. The third-order valence-electron chi connectivity index (χ3n) is 5.97. The topological polar surface area (TPSA) is 222 Å². The number of carbonyl (C=O) groups is 4. The number of ether oxygens (including phenoxy) is 2. The van der Waals surface area contributed by atoms with Crippen LogP contribution in [-0.2, 0) is 30.3 Å². The number of anilines is 1. The Morgan fingerprint density at radius 2 is 1.59 bits per heavy atom. The molecule has 3 aromatic rings. The molecule has 17 heteroatoms. The van der Waals surface area contributed by atoms with Crippen molar-refractivity contribution in [3.8, 4) is 0 Å². The molecule has 0 bridgehead atoms. The molecule has 0 aromatic heterocycles. The number of halogens is 1. The molecule has 0 aliphatic heterocycles. The number of nitro groups is 2. The van der Waals surface area contributed by atoms with Gasteiger partial charge in [-0.15, -0.1) is 10.2 Å². The van der Waals surface area contributed by atoms with Crippen molar-refractivity contribution >= 4 is 68.0 Å². The van der Waals surface area contributed by atoms with Crippen LogP contribution in [0.4, 0.5) is 28.4 Å². The van der Waals surface area contributed by atoms with E-state index in [9.17, 15) is 39.4 Å². The first-order chi connectivity index (χ1) is 21.9. The lowest BCUT2D eigenvalue weighted by Gasteiger charge is -2.10. The predicted octanol–water partition coefficient (Wildman–Crippen LogP) is 5.13. The highest BCUT2D eigenvalue weighted by Crippen LogP contribution is 2.40. The van der Waals surface area contributed by atoms with Gasteiger partial charge in [0.2, 0.25) is 5.91 Å². The maximum atomic E-state index is 12.0. The standard InChI is InChI=1S/C29H27BrN6O10/c1-18(37)32-24-13-19(7-8-23(24)33-34-29-22(30)14-21(35(41)42)15-25(29)36(43)44)9-11-31-12-10-27(39)46-17-28(40)45-16-26(38)20-5-3-2-4-6-20/h2-8,13-15,31H,9-12,16-17H2,1H3,(H,32,37). The van der Waals surface area contributed by atoms with E-state index in [1.165, 1.54) is 6.92 Å². The molecule has 0 atom stereocenters. The molecular formula is C29H27BrN6O10. The first kappa shape index (κ1) is 35.1. The van der Waals surface area contributed by atoms with Crippen LogP contribution in [0.5, 0.6) is 0 Å². The minimum Gasteiger partial charge on any atom is -0.455 e. The minimum atomic E-state index is -0.845. The Morgan fingerprint density at radius 3 is 2.26 bits per heavy atom. The highest BCUT2D eigenvalue weighted by atomic mass is 79.9. The summed E-state index contributed by atoms with van der Waals surface area (Å²) >= 11 is 3.06. The smallest absolute Gasteiger partial charge is 0.344 e. The summed E-state index contributed by atoms with van der Waals surface area (Å²) in [6.07, 6.45) is 0.442. The fourth-order valence-corrected chi connectivity index (χ4v) is 4.31. The quantitative estimate of drug-likeness (QED) is 0.0498. The fourth-order valence-electron chi connectivity index (χ4n) is 3.79. The summed E-state index contributed by atoms with van der Waals surface area (Å²) < 4.78 is 9.70. The summed E-state index contributed by atoms with van der Waals surface area (Å²) in [4.78, 5) is 68.5. The third kappa shape index (κ3) is 10.9. The highest BCUT2D eigenvalue weighted by Gasteiger charge is 2.23. The zero-order chi connectivity index (χ0) is 33.6. The summed E-state index contributed by atoms with van der Waals surface area (Å²) in [6, 6.07) is 15.0. The van der Waals surface area contributed by atoms with Crippen LogP contribution in [0.2, 0.25) is 0 Å². The van der Waals surface area contributed by atoms with E-state index in [2.05, 4.69) is 36.8 Å². The number of non-ortho nitro benzene ring substituents is 1. The number of Topliss-reactive ketones (excluding diaryl/α,β-unsaturated/α-hetero) is 1. The lowest BCUT2D eigenvalue weighted by atomic mass is 10.1. The molecule has 0 spiro atoms. The van der Waals surface area contributed by atoms with E-state index < -0.39 is 52.3 Å². The average molecular weight is 699 g/mol. The van der Waals surface area contributed by atoms with Gasteiger partial charge in [0.1, 0.15) is 5.69 Å². The van der Waals surface area contributed by atoms with Crippen LogP contribution in [0.15, 0.2) is 75.4 Å². The number of benzene rings is 3. The van der Waals surface area contributed by atoms with Crippen LogP contribution in [0.1, 0.15) is 29.3 Å². The average Bonchev–Trinajstić information content (AvgIpc) is 3.02. The number of nitrogens with zero attached hydrogens (tertiary/aromatic N) is 4. The van der Waals surface area contributed by atoms with Crippen molar-refractivity contribution < 1.29 is 38.5 Å². The van der Waals surface area contributed by atoms with Crippen LogP contribution < -0.4 is 10.6 Å². The first-order valence-corrected chi connectivity index (χ1v) is 14.3. The monoisotopic (exact) mass is 698 g/mol. The second-order valence-electron chi connectivity index (χ2n) is 9.40. The molecule has 3 aromatic carbocycles. The van der Waals surface area contributed by atoms with Gasteiger partial charge in [-0.25, -0.2) is 4.79 Å². The Hall–Kier alpha value is -5.42. The van der Waals surface area contributed by atoms with Gasteiger partial charge >= 0.3 is 17.6 Å². The largest absolute Gasteiger partial charge is 0.455 e. The molecule has 2 N–H and O–H groups in total. The molecule has 0 fully saturated rings. The van der Waals surface area contributed by atoms with E-state index in [0.717, 1.165) is 17.7 Å². The number of carbonyl (C=O) groups excluding carboxylic acids is 4. The molecule has 0 unspecified atom stereocenters. The number of ketones is 1. The second kappa shape index (κ2) is 17.2. The maximum Gasteiger partial charge on any atom is 0.344 e. The van der Waals surface area contributed by atoms with Gasteiger partial charge in [0.25, 0.3) is 5.69 Å². The molecule has 0 aliphatic carbocycles. The lowest BCUT2D eigenvalue weighted by molar-refractivity contribution is -0.393. The van der Waals surface area contributed by atoms with E-state index >= 15 is 0 Å². The van der Waals surface area contributed by atoms with Crippen molar-refractivity contribution in [2.45, 2.75) is 19.8 Å². The Morgan fingerprint density at radius 1 is 0.870 bits per heavy atom. The Bertz CT molecular complexity index is 1670. The molecule has 3 rings (SSSR count). The van der Waals surface area contributed by atoms with Gasteiger partial charge < -0.3 is 20.1 Å². The number of nitro benzene ring substituents is 2. The SMILES string of the molecule is CC(=O)Nc1cc(CCNCCC(=O)OCC(=O)OCC(=O)c2ccccc2)ccc1N=Nc1c(Br)cc([N+](=O)[O-])cc1[N+](=O)[O-]. The first-order valence-electron chi connectivity index (χ1n) is 13.5. The molecule has 0 radical (unpaired) electrons. The second-order valence-corrected chi connectivity index (χ2v) is 10.3. The number of rotatable bonds is 16. The highest BCUT2D eigenvalue weighted by molar-refractivity contribution is 9.10. The Labute approximate surface area is 269 Å². The van der Waals surface area contributed by atoms with E-state index in [1.54, 1.807) is 48.5 Å². The van der Waals surface area contributed by atoms with Gasteiger partial charge in [-0.05, 0) is 46.6 Å². The molecular weight excluding hydrogens is 672 g/mol. The van der Waals surface area contributed by atoms with Crippen LogP contribution in [-0.4, -0.2) is 59.8 Å². The van der Waals surface area contributed by atoms with Crippen molar-refractivity contribution in [3.63, 3.8) is 0 Å². The summed E-state index contributed by atoms with van der Waals surface area (Å²) in [5, 5.41) is 36.2. The zero-order valence-electron chi connectivity index (χ0n) is 24.3. The third-order valence-corrected chi connectivity index (χ3v) is 6.58. The lowest BCUT2D eigenvalue weighted by Crippen LogP contribution is -2.24. The van der Waals surface area contributed by atoms with Gasteiger partial charge in [-0.3, -0.25) is 34.6 Å². The maximum absolute atomic E-state index is 12.0. The Kier molecular flexibility index (Phi) is 13.1. The predicted molar refractivity (Wildman–Crippen MR) is 166 cm³/mol. The molecule has 1 amide bonds. The summed E-state index contributed by atoms with van der Waals surface area (Å²) in [5.74, 6) is -2.27. The van der Waals surface area contributed by atoms with Gasteiger partial charge in [0, 0.05) is 25.1 Å². The summed E-state index contributed by atoms with van der Waals surface area (Å²) in [7, 11) is 0.